The van der Waals surface area contributed by atoms with E-state index in [0.717, 1.165) is 37.0 Å². The van der Waals surface area contributed by atoms with Crippen LogP contribution < -0.4 is 4.74 Å². The molecule has 126 valence electrons. The quantitative estimate of drug-likeness (QED) is 0.736. The highest BCUT2D eigenvalue weighted by molar-refractivity contribution is 5.69. The highest BCUT2D eigenvalue weighted by Crippen LogP contribution is 2.31. The van der Waals surface area contributed by atoms with Gasteiger partial charge in [0.05, 0.1) is 0 Å². The van der Waals surface area contributed by atoms with Crippen LogP contribution in [0.2, 0.25) is 0 Å². The van der Waals surface area contributed by atoms with E-state index in [9.17, 15) is 4.79 Å². The lowest BCUT2D eigenvalue weighted by molar-refractivity contribution is -0.149. The number of ether oxygens (including phenoxy) is 2. The van der Waals surface area contributed by atoms with Gasteiger partial charge >= 0.3 is 5.97 Å². The monoisotopic (exact) mass is 324 g/mol. The van der Waals surface area contributed by atoms with Gasteiger partial charge in [-0.15, -0.1) is 0 Å². The van der Waals surface area contributed by atoms with Crippen LogP contribution >= 0.6 is 0 Å². The summed E-state index contributed by atoms with van der Waals surface area (Å²) in [6.07, 6.45) is 3.86. The minimum atomic E-state index is -0.0892. The minimum Gasteiger partial charge on any atom is -0.489 e. The Morgan fingerprint density at radius 2 is 1.96 bits per heavy atom. The molecular formula is C21H24O3. The van der Waals surface area contributed by atoms with E-state index >= 15 is 0 Å². The number of fused-ring (bicyclic) bond motifs is 1. The Morgan fingerprint density at radius 3 is 2.75 bits per heavy atom. The molecule has 0 aromatic heterocycles. The zero-order valence-electron chi connectivity index (χ0n) is 14.2. The number of carbonyl (C=O) groups is 1. The van der Waals surface area contributed by atoms with Crippen LogP contribution in [0.25, 0.3) is 0 Å². The molecule has 3 nitrogen and oxygen atoms in total. The summed E-state index contributed by atoms with van der Waals surface area (Å²) < 4.78 is 11.7. The van der Waals surface area contributed by atoms with Gasteiger partial charge in [0.1, 0.15) is 18.5 Å². The summed E-state index contributed by atoms with van der Waals surface area (Å²) in [5.41, 5.74) is 3.65. The number of esters is 1. The lowest BCUT2D eigenvalue weighted by Gasteiger charge is -2.26. The van der Waals surface area contributed by atoms with Gasteiger partial charge < -0.3 is 9.47 Å². The molecule has 0 bridgehead atoms. The molecule has 0 radical (unpaired) electrons. The molecule has 3 rings (SSSR count). The van der Waals surface area contributed by atoms with Gasteiger partial charge in [0, 0.05) is 18.4 Å². The normalized spacial score (nSPS) is 16.3. The summed E-state index contributed by atoms with van der Waals surface area (Å²) in [6, 6.07) is 16.4. The van der Waals surface area contributed by atoms with E-state index in [2.05, 4.69) is 18.2 Å². The molecule has 0 amide bonds. The summed E-state index contributed by atoms with van der Waals surface area (Å²) in [5, 5.41) is 0. The van der Waals surface area contributed by atoms with Gasteiger partial charge in [0.2, 0.25) is 0 Å². The summed E-state index contributed by atoms with van der Waals surface area (Å²) in [7, 11) is 0. The lowest BCUT2D eigenvalue weighted by atomic mass is 9.89. The molecule has 0 fully saturated rings. The minimum absolute atomic E-state index is 0.0296. The van der Waals surface area contributed by atoms with Crippen LogP contribution in [0.3, 0.4) is 0 Å². The van der Waals surface area contributed by atoms with Crippen LogP contribution in [0.15, 0.2) is 48.5 Å². The van der Waals surface area contributed by atoms with Crippen molar-refractivity contribution in [3.63, 3.8) is 0 Å². The van der Waals surface area contributed by atoms with Gasteiger partial charge in [-0.1, -0.05) is 49.4 Å². The van der Waals surface area contributed by atoms with Crippen molar-refractivity contribution in [1.82, 2.24) is 0 Å². The van der Waals surface area contributed by atoms with Gasteiger partial charge in [-0.25, -0.2) is 0 Å². The summed E-state index contributed by atoms with van der Waals surface area (Å²) in [6.45, 7) is 2.55. The molecule has 1 atom stereocenters. The van der Waals surface area contributed by atoms with Crippen molar-refractivity contribution in [3.8, 4) is 5.75 Å². The summed E-state index contributed by atoms with van der Waals surface area (Å²) in [5.74, 6) is 0.821. The molecule has 0 aliphatic heterocycles. The standard InChI is InChI=1S/C21H24O3/c1-2-7-21(22)24-18-13-12-17-10-6-11-20(19(17)14-18)23-15-16-8-4-3-5-9-16/h3-6,8-11,18H,2,7,12-15H2,1H3. The Morgan fingerprint density at radius 1 is 1.12 bits per heavy atom. The van der Waals surface area contributed by atoms with Gasteiger partial charge in [0.15, 0.2) is 0 Å². The predicted octanol–water partition coefficient (Wildman–Crippen LogP) is 4.47. The van der Waals surface area contributed by atoms with Crippen LogP contribution in [-0.2, 0) is 29.0 Å². The molecule has 24 heavy (non-hydrogen) atoms. The maximum Gasteiger partial charge on any atom is 0.306 e. The Hall–Kier alpha value is -2.29. The maximum atomic E-state index is 11.8. The molecule has 0 saturated carbocycles. The average Bonchev–Trinajstić information content (AvgIpc) is 2.61. The van der Waals surface area contributed by atoms with Crippen molar-refractivity contribution in [2.45, 2.75) is 51.7 Å². The molecule has 0 heterocycles. The van der Waals surface area contributed by atoms with Gasteiger partial charge in [0.25, 0.3) is 0 Å². The number of hydrogen-bond donors (Lipinski definition) is 0. The Bertz CT molecular complexity index is 679. The van der Waals surface area contributed by atoms with E-state index in [1.54, 1.807) is 0 Å². The van der Waals surface area contributed by atoms with Crippen LogP contribution in [0.4, 0.5) is 0 Å². The second kappa shape index (κ2) is 8.00. The van der Waals surface area contributed by atoms with E-state index in [4.69, 9.17) is 9.47 Å². The lowest BCUT2D eigenvalue weighted by Crippen LogP contribution is -2.26. The first-order valence-corrected chi connectivity index (χ1v) is 8.73. The molecule has 0 saturated heterocycles. The van der Waals surface area contributed by atoms with Crippen molar-refractivity contribution in [2.24, 2.45) is 0 Å². The largest absolute Gasteiger partial charge is 0.489 e. The molecule has 2 aromatic rings. The van der Waals surface area contributed by atoms with Gasteiger partial charge in [-0.05, 0) is 36.5 Å². The van der Waals surface area contributed by atoms with Crippen molar-refractivity contribution in [3.05, 3.63) is 65.2 Å². The SMILES string of the molecule is CCCC(=O)OC1CCc2cccc(OCc3ccccc3)c2C1. The van der Waals surface area contributed by atoms with Crippen molar-refractivity contribution in [1.29, 1.82) is 0 Å². The summed E-state index contributed by atoms with van der Waals surface area (Å²) in [4.78, 5) is 11.8. The summed E-state index contributed by atoms with van der Waals surface area (Å²) >= 11 is 0. The van der Waals surface area contributed by atoms with Gasteiger partial charge in [-0.2, -0.15) is 0 Å². The van der Waals surface area contributed by atoms with Crippen molar-refractivity contribution in [2.75, 3.05) is 0 Å². The fraction of sp³-hybridized carbons (Fsp3) is 0.381. The zero-order chi connectivity index (χ0) is 16.8. The highest BCUT2D eigenvalue weighted by Gasteiger charge is 2.24. The molecule has 2 aromatic carbocycles. The second-order valence-corrected chi connectivity index (χ2v) is 6.27. The van der Waals surface area contributed by atoms with Gasteiger partial charge in [-0.3, -0.25) is 4.79 Å². The van der Waals surface area contributed by atoms with E-state index in [1.165, 1.54) is 11.1 Å². The number of rotatable bonds is 6. The average molecular weight is 324 g/mol. The number of carbonyl (C=O) groups excluding carboxylic acids is 1. The third kappa shape index (κ3) is 4.16. The second-order valence-electron chi connectivity index (χ2n) is 6.27. The van der Waals surface area contributed by atoms with E-state index in [-0.39, 0.29) is 12.1 Å². The van der Waals surface area contributed by atoms with Crippen molar-refractivity contribution >= 4 is 5.97 Å². The van der Waals surface area contributed by atoms with Crippen LogP contribution in [0, 0.1) is 0 Å². The number of benzene rings is 2. The number of aryl methyl sites for hydroxylation is 1. The number of hydrogen-bond acceptors (Lipinski definition) is 3. The van der Waals surface area contributed by atoms with Crippen LogP contribution in [-0.4, -0.2) is 12.1 Å². The van der Waals surface area contributed by atoms with Crippen molar-refractivity contribution < 1.29 is 14.3 Å². The van der Waals surface area contributed by atoms with Crippen LogP contribution in [0.5, 0.6) is 5.75 Å². The first-order valence-electron chi connectivity index (χ1n) is 8.73. The smallest absolute Gasteiger partial charge is 0.306 e. The first-order chi connectivity index (χ1) is 11.8. The molecule has 0 N–H and O–H groups in total. The highest BCUT2D eigenvalue weighted by atomic mass is 16.5. The third-order valence-electron chi connectivity index (χ3n) is 4.39. The topological polar surface area (TPSA) is 35.5 Å². The molecular weight excluding hydrogens is 300 g/mol. The molecule has 1 aliphatic carbocycles. The predicted molar refractivity (Wildman–Crippen MR) is 94.0 cm³/mol. The molecule has 3 heteroatoms. The Balaban J connectivity index is 1.68. The first kappa shape index (κ1) is 16.6. The Labute approximate surface area is 143 Å². The third-order valence-corrected chi connectivity index (χ3v) is 4.39. The molecule has 0 spiro atoms. The fourth-order valence-corrected chi connectivity index (χ4v) is 3.14. The maximum absolute atomic E-state index is 11.8. The van der Waals surface area contributed by atoms with Crippen LogP contribution in [0.1, 0.15) is 42.9 Å². The molecule has 1 aliphatic rings. The van der Waals surface area contributed by atoms with E-state index < -0.39 is 0 Å². The Kier molecular flexibility index (Phi) is 5.52. The zero-order valence-corrected chi connectivity index (χ0v) is 14.2. The van der Waals surface area contributed by atoms with E-state index in [0.29, 0.717) is 13.0 Å². The fourth-order valence-electron chi connectivity index (χ4n) is 3.14. The molecule has 1 unspecified atom stereocenters. The van der Waals surface area contributed by atoms with E-state index in [1.807, 2.05) is 37.3 Å².